The SMILES string of the molecule is CO[C@@H]([C@H](OC)[C@H](CN)OC)[C@H](CN)OC. The standard InChI is InChI=1S/C10H24N2O4/c1-13-7(5-11)9(15-3)10(16-4)8(6-12)14-2/h7-10H,5-6,11-12H2,1-4H3/t7-,8-,9+,10+/m0/s1. The molecule has 0 aromatic heterocycles. The van der Waals surface area contributed by atoms with E-state index >= 15 is 0 Å². The minimum Gasteiger partial charge on any atom is -0.377 e. The Kier molecular flexibility index (Phi) is 8.73. The van der Waals surface area contributed by atoms with Crippen molar-refractivity contribution in [1.82, 2.24) is 0 Å². The fraction of sp³-hybridized carbons (Fsp3) is 1.00. The highest BCUT2D eigenvalue weighted by Crippen LogP contribution is 2.14. The Labute approximate surface area is 97.2 Å². The maximum absolute atomic E-state index is 5.60. The second kappa shape index (κ2) is 8.86. The first kappa shape index (κ1) is 15.8. The molecule has 4 N–H and O–H groups in total. The zero-order valence-corrected chi connectivity index (χ0v) is 10.5. The molecule has 0 aliphatic rings. The van der Waals surface area contributed by atoms with Crippen molar-refractivity contribution in [2.24, 2.45) is 11.5 Å². The van der Waals surface area contributed by atoms with Gasteiger partial charge in [-0.2, -0.15) is 0 Å². The number of hydrogen-bond acceptors (Lipinski definition) is 6. The molecule has 6 heteroatoms. The van der Waals surface area contributed by atoms with E-state index in [4.69, 9.17) is 30.4 Å². The van der Waals surface area contributed by atoms with Gasteiger partial charge in [0, 0.05) is 41.5 Å². The highest BCUT2D eigenvalue weighted by Gasteiger charge is 2.34. The van der Waals surface area contributed by atoms with Gasteiger partial charge in [-0.25, -0.2) is 0 Å². The topological polar surface area (TPSA) is 89.0 Å². The average Bonchev–Trinajstić information content (AvgIpc) is 2.33. The molecule has 4 atom stereocenters. The van der Waals surface area contributed by atoms with Gasteiger partial charge in [-0.15, -0.1) is 0 Å². The molecule has 0 fully saturated rings. The lowest BCUT2D eigenvalue weighted by Gasteiger charge is -2.34. The van der Waals surface area contributed by atoms with E-state index < -0.39 is 0 Å². The molecule has 0 aliphatic carbocycles. The lowest BCUT2D eigenvalue weighted by Crippen LogP contribution is -2.52. The predicted octanol–water partition coefficient (Wildman–Crippen LogP) is -1.04. The predicted molar refractivity (Wildman–Crippen MR) is 61.3 cm³/mol. The van der Waals surface area contributed by atoms with Crippen LogP contribution >= 0.6 is 0 Å². The average molecular weight is 236 g/mol. The smallest absolute Gasteiger partial charge is 0.113 e. The highest BCUT2D eigenvalue weighted by molar-refractivity contribution is 4.86. The fourth-order valence-electron chi connectivity index (χ4n) is 1.72. The number of hydrogen-bond donors (Lipinski definition) is 2. The largest absolute Gasteiger partial charge is 0.377 e. The molecule has 16 heavy (non-hydrogen) atoms. The van der Waals surface area contributed by atoms with Gasteiger partial charge in [0.05, 0.1) is 12.2 Å². The van der Waals surface area contributed by atoms with Crippen LogP contribution in [0.1, 0.15) is 0 Å². The summed E-state index contributed by atoms with van der Waals surface area (Å²) in [4.78, 5) is 0. The first-order chi connectivity index (χ1) is 7.69. The molecule has 0 rings (SSSR count). The summed E-state index contributed by atoms with van der Waals surface area (Å²) in [5, 5.41) is 0. The van der Waals surface area contributed by atoms with E-state index in [1.165, 1.54) is 0 Å². The van der Waals surface area contributed by atoms with Gasteiger partial charge in [-0.3, -0.25) is 0 Å². The van der Waals surface area contributed by atoms with Crippen LogP contribution in [0.4, 0.5) is 0 Å². The van der Waals surface area contributed by atoms with Crippen molar-refractivity contribution >= 4 is 0 Å². The van der Waals surface area contributed by atoms with Gasteiger partial charge in [0.1, 0.15) is 12.2 Å². The summed E-state index contributed by atoms with van der Waals surface area (Å²) in [6.07, 6.45) is -1.12. The number of nitrogens with two attached hydrogens (primary N) is 2. The van der Waals surface area contributed by atoms with Crippen LogP contribution in [-0.2, 0) is 18.9 Å². The molecule has 0 radical (unpaired) electrons. The Bertz CT molecular complexity index is 145. The third-order valence-corrected chi connectivity index (χ3v) is 2.67. The summed E-state index contributed by atoms with van der Waals surface area (Å²) >= 11 is 0. The van der Waals surface area contributed by atoms with Gasteiger partial charge >= 0.3 is 0 Å². The second-order valence-corrected chi connectivity index (χ2v) is 3.42. The first-order valence-corrected chi connectivity index (χ1v) is 5.21. The van der Waals surface area contributed by atoms with Gasteiger partial charge in [-0.05, 0) is 0 Å². The summed E-state index contributed by atoms with van der Waals surface area (Å²) in [7, 11) is 6.34. The lowest BCUT2D eigenvalue weighted by molar-refractivity contribution is -0.144. The van der Waals surface area contributed by atoms with Crippen molar-refractivity contribution in [3.05, 3.63) is 0 Å². The molecule has 6 nitrogen and oxygen atoms in total. The van der Waals surface area contributed by atoms with E-state index in [1.807, 2.05) is 0 Å². The van der Waals surface area contributed by atoms with Crippen molar-refractivity contribution in [2.75, 3.05) is 41.5 Å². The van der Waals surface area contributed by atoms with E-state index in [1.54, 1.807) is 28.4 Å². The lowest BCUT2D eigenvalue weighted by atomic mass is 10.0. The molecular weight excluding hydrogens is 212 g/mol. The molecule has 0 heterocycles. The van der Waals surface area contributed by atoms with Gasteiger partial charge in [-0.1, -0.05) is 0 Å². The minimum atomic E-state index is -0.312. The van der Waals surface area contributed by atoms with Crippen LogP contribution in [-0.4, -0.2) is 65.9 Å². The first-order valence-electron chi connectivity index (χ1n) is 5.21. The minimum absolute atomic E-state index is 0.251. The molecule has 0 bridgehead atoms. The van der Waals surface area contributed by atoms with E-state index in [2.05, 4.69) is 0 Å². The summed E-state index contributed by atoms with van der Waals surface area (Å²) in [5.74, 6) is 0. The maximum atomic E-state index is 5.60. The van der Waals surface area contributed by atoms with E-state index in [9.17, 15) is 0 Å². The van der Waals surface area contributed by atoms with Gasteiger partial charge in [0.15, 0.2) is 0 Å². The molecule has 0 aromatic carbocycles. The maximum Gasteiger partial charge on any atom is 0.113 e. The molecule has 0 aliphatic heterocycles. The summed E-state index contributed by atoms with van der Waals surface area (Å²) in [6, 6.07) is 0. The quantitative estimate of drug-likeness (QED) is 0.532. The van der Waals surface area contributed by atoms with Crippen molar-refractivity contribution in [3.8, 4) is 0 Å². The molecule has 98 valence electrons. The van der Waals surface area contributed by atoms with Crippen molar-refractivity contribution in [1.29, 1.82) is 0 Å². The Morgan fingerprint density at radius 1 is 0.688 bits per heavy atom. The van der Waals surface area contributed by atoms with Crippen molar-refractivity contribution in [2.45, 2.75) is 24.4 Å². The van der Waals surface area contributed by atoms with Crippen LogP contribution in [0.2, 0.25) is 0 Å². The van der Waals surface area contributed by atoms with Gasteiger partial charge < -0.3 is 30.4 Å². The molecule has 0 saturated heterocycles. The van der Waals surface area contributed by atoms with Gasteiger partial charge in [0.25, 0.3) is 0 Å². The third kappa shape index (κ3) is 3.97. The van der Waals surface area contributed by atoms with Crippen LogP contribution in [0.5, 0.6) is 0 Å². The molecule has 0 saturated carbocycles. The molecule has 0 unspecified atom stereocenters. The normalized spacial score (nSPS) is 19.1. The molecule has 0 spiro atoms. The van der Waals surface area contributed by atoms with Crippen LogP contribution in [0.15, 0.2) is 0 Å². The Morgan fingerprint density at radius 3 is 1.12 bits per heavy atom. The Hall–Kier alpha value is -0.240. The van der Waals surface area contributed by atoms with Crippen LogP contribution in [0.3, 0.4) is 0 Å². The van der Waals surface area contributed by atoms with Crippen molar-refractivity contribution in [3.63, 3.8) is 0 Å². The molecule has 0 amide bonds. The highest BCUT2D eigenvalue weighted by atomic mass is 16.6. The third-order valence-electron chi connectivity index (χ3n) is 2.67. The Morgan fingerprint density at radius 2 is 1.00 bits per heavy atom. The summed E-state index contributed by atoms with van der Waals surface area (Å²) in [5.41, 5.74) is 11.2. The monoisotopic (exact) mass is 236 g/mol. The van der Waals surface area contributed by atoms with E-state index in [-0.39, 0.29) is 24.4 Å². The zero-order chi connectivity index (χ0) is 12.6. The number of ether oxygens (including phenoxy) is 4. The van der Waals surface area contributed by atoms with E-state index in [0.29, 0.717) is 13.1 Å². The van der Waals surface area contributed by atoms with Crippen LogP contribution in [0, 0.1) is 0 Å². The summed E-state index contributed by atoms with van der Waals surface area (Å²) < 4.78 is 21.2. The van der Waals surface area contributed by atoms with Crippen molar-refractivity contribution < 1.29 is 18.9 Å². The summed E-state index contributed by atoms with van der Waals surface area (Å²) in [6.45, 7) is 0.686. The number of methoxy groups -OCH3 is 4. The number of rotatable bonds is 9. The molecular formula is C10H24N2O4. The van der Waals surface area contributed by atoms with Gasteiger partial charge in [0.2, 0.25) is 0 Å². The zero-order valence-electron chi connectivity index (χ0n) is 10.5. The molecule has 0 aromatic rings. The van der Waals surface area contributed by atoms with E-state index in [0.717, 1.165) is 0 Å². The van der Waals surface area contributed by atoms with Crippen LogP contribution in [0.25, 0.3) is 0 Å². The van der Waals surface area contributed by atoms with Crippen LogP contribution < -0.4 is 11.5 Å². The second-order valence-electron chi connectivity index (χ2n) is 3.42. The fourth-order valence-corrected chi connectivity index (χ4v) is 1.72. The Balaban J connectivity index is 4.71.